The van der Waals surface area contributed by atoms with Crippen molar-refractivity contribution in [2.75, 3.05) is 25.4 Å². The summed E-state index contributed by atoms with van der Waals surface area (Å²) in [5, 5.41) is 0. The van der Waals surface area contributed by atoms with Crippen LogP contribution in [0.5, 0.6) is 0 Å². The van der Waals surface area contributed by atoms with Crippen LogP contribution in [0.3, 0.4) is 0 Å². The number of carbonyl (C=O) groups excluding carboxylic acids is 2. The summed E-state index contributed by atoms with van der Waals surface area (Å²) in [5.41, 5.74) is 7.26. The number of amides is 2. The zero-order valence-electron chi connectivity index (χ0n) is 18.0. The molecular formula is C22H28N4O4S2. The van der Waals surface area contributed by atoms with E-state index in [1.165, 1.54) is 11.0 Å². The molecule has 1 unspecified atom stereocenters. The maximum Gasteiger partial charge on any atom is 0.250 e. The number of piperidine rings is 1. The number of nitrogens with two attached hydrogens (primary N) is 1. The third-order valence-corrected chi connectivity index (χ3v) is 9.15. The van der Waals surface area contributed by atoms with E-state index < -0.39 is 22.1 Å². The van der Waals surface area contributed by atoms with E-state index in [4.69, 9.17) is 5.73 Å². The second kappa shape index (κ2) is 9.21. The molecule has 3 heterocycles. The summed E-state index contributed by atoms with van der Waals surface area (Å²) in [6, 6.07) is 9.04. The van der Waals surface area contributed by atoms with Gasteiger partial charge in [0.15, 0.2) is 0 Å². The highest BCUT2D eigenvalue weighted by Gasteiger charge is 2.40. The zero-order chi connectivity index (χ0) is 22.9. The van der Waals surface area contributed by atoms with E-state index in [1.807, 2.05) is 17.0 Å². The van der Waals surface area contributed by atoms with Gasteiger partial charge in [0.1, 0.15) is 16.3 Å². The highest BCUT2D eigenvalue weighted by atomic mass is 32.2. The summed E-state index contributed by atoms with van der Waals surface area (Å²) in [5.74, 6) is -0.411. The molecule has 1 aromatic carbocycles. The Hall–Kier alpha value is -2.43. The number of sulfonamides is 1. The van der Waals surface area contributed by atoms with Gasteiger partial charge in [0.2, 0.25) is 11.8 Å². The first-order chi connectivity index (χ1) is 15.3. The van der Waals surface area contributed by atoms with Gasteiger partial charge >= 0.3 is 0 Å². The van der Waals surface area contributed by atoms with Crippen molar-refractivity contribution in [2.45, 2.75) is 48.9 Å². The van der Waals surface area contributed by atoms with Gasteiger partial charge in [-0.2, -0.15) is 4.72 Å². The Morgan fingerprint density at radius 1 is 1.16 bits per heavy atom. The van der Waals surface area contributed by atoms with Gasteiger partial charge in [-0.05, 0) is 62.4 Å². The first kappa shape index (κ1) is 22.8. The van der Waals surface area contributed by atoms with Crippen LogP contribution in [0.25, 0.3) is 10.4 Å². The van der Waals surface area contributed by atoms with Gasteiger partial charge in [0.25, 0.3) is 10.0 Å². The van der Waals surface area contributed by atoms with Crippen LogP contribution >= 0.6 is 11.3 Å². The number of carbonyl (C=O) groups is 2. The maximum atomic E-state index is 12.9. The summed E-state index contributed by atoms with van der Waals surface area (Å²) >= 11 is 1.13. The lowest BCUT2D eigenvalue weighted by Gasteiger charge is -2.32. The first-order valence-corrected chi connectivity index (χ1v) is 13.1. The molecule has 2 aliphatic heterocycles. The summed E-state index contributed by atoms with van der Waals surface area (Å²) in [6.07, 6.45) is 3.41. The summed E-state index contributed by atoms with van der Waals surface area (Å²) in [6.45, 7) is 3.51. The van der Waals surface area contributed by atoms with Crippen molar-refractivity contribution in [2.24, 2.45) is 0 Å². The molecule has 1 aromatic heterocycles. The van der Waals surface area contributed by atoms with E-state index in [1.54, 1.807) is 25.1 Å². The van der Waals surface area contributed by atoms with Gasteiger partial charge in [-0.15, -0.1) is 11.3 Å². The zero-order valence-corrected chi connectivity index (χ0v) is 19.6. The summed E-state index contributed by atoms with van der Waals surface area (Å²) in [4.78, 5) is 29.8. The molecule has 0 bridgehead atoms. The molecule has 2 fully saturated rings. The lowest BCUT2D eigenvalue weighted by molar-refractivity contribution is -0.143. The number of hydrogen-bond acceptors (Lipinski definition) is 6. The van der Waals surface area contributed by atoms with Gasteiger partial charge in [-0.3, -0.25) is 9.59 Å². The number of thiophene rings is 1. The smallest absolute Gasteiger partial charge is 0.250 e. The fourth-order valence-corrected chi connectivity index (χ4v) is 6.81. The molecule has 8 nitrogen and oxygen atoms in total. The van der Waals surface area contributed by atoms with E-state index in [0.29, 0.717) is 18.7 Å². The van der Waals surface area contributed by atoms with E-state index in [0.717, 1.165) is 54.1 Å². The van der Waals surface area contributed by atoms with Crippen LogP contribution in [0.2, 0.25) is 0 Å². The molecule has 2 amide bonds. The van der Waals surface area contributed by atoms with Crippen molar-refractivity contribution < 1.29 is 18.0 Å². The molecule has 0 aliphatic carbocycles. The van der Waals surface area contributed by atoms with Crippen molar-refractivity contribution in [1.29, 1.82) is 0 Å². The molecule has 4 rings (SSSR count). The summed E-state index contributed by atoms with van der Waals surface area (Å²) in [7, 11) is -3.87. The number of nitrogens with zero attached hydrogens (tertiary/aromatic N) is 2. The highest BCUT2D eigenvalue weighted by Crippen LogP contribution is 2.32. The predicted molar refractivity (Wildman–Crippen MR) is 124 cm³/mol. The predicted octanol–water partition coefficient (Wildman–Crippen LogP) is 2.28. The van der Waals surface area contributed by atoms with Crippen LogP contribution in [-0.2, 0) is 19.6 Å². The van der Waals surface area contributed by atoms with Gasteiger partial charge in [-0.25, -0.2) is 8.42 Å². The molecule has 0 saturated carbocycles. The van der Waals surface area contributed by atoms with Crippen LogP contribution in [0.15, 0.2) is 40.6 Å². The minimum atomic E-state index is -3.87. The van der Waals surface area contributed by atoms with E-state index in [-0.39, 0.29) is 16.0 Å². The lowest BCUT2D eigenvalue weighted by Crippen LogP contribution is -2.51. The maximum absolute atomic E-state index is 12.9. The lowest BCUT2D eigenvalue weighted by atomic mass is 10.1. The Balaban J connectivity index is 1.43. The molecule has 0 spiro atoms. The Morgan fingerprint density at radius 2 is 1.91 bits per heavy atom. The quantitative estimate of drug-likeness (QED) is 0.621. The molecule has 0 radical (unpaired) electrons. The van der Waals surface area contributed by atoms with Crippen molar-refractivity contribution >= 4 is 38.9 Å². The van der Waals surface area contributed by atoms with Crippen LogP contribution in [0, 0.1) is 0 Å². The van der Waals surface area contributed by atoms with Crippen LogP contribution < -0.4 is 10.5 Å². The summed E-state index contributed by atoms with van der Waals surface area (Å²) < 4.78 is 28.5. The molecule has 3 N–H and O–H groups in total. The number of benzene rings is 1. The Labute approximate surface area is 192 Å². The average Bonchev–Trinajstić information content (AvgIpc) is 3.42. The monoisotopic (exact) mass is 476 g/mol. The first-order valence-electron chi connectivity index (χ1n) is 10.8. The van der Waals surface area contributed by atoms with Crippen LogP contribution in [-0.4, -0.2) is 61.7 Å². The second-order valence-corrected chi connectivity index (χ2v) is 11.3. The number of nitrogens with one attached hydrogen (secondary N) is 1. The molecule has 2 saturated heterocycles. The molecular weight excluding hydrogens is 448 g/mol. The van der Waals surface area contributed by atoms with Gasteiger partial charge < -0.3 is 15.5 Å². The standard InChI is InChI=1S/C22H28N4O4S2/c1-15(21(27)25-11-3-2-4-12-25)26-13-10-18(22(26)28)24-32(29,30)20-9-8-19(31-20)16-6-5-7-17(23)14-16/h5-9,14-15,18,24H,2-4,10-13,23H2,1H3/t15-,18?/m0/s1. The topological polar surface area (TPSA) is 113 Å². The minimum Gasteiger partial charge on any atom is -0.399 e. The highest BCUT2D eigenvalue weighted by molar-refractivity contribution is 7.91. The fraction of sp³-hybridized carbons (Fsp3) is 0.455. The van der Waals surface area contributed by atoms with Crippen molar-refractivity contribution in [3.8, 4) is 10.4 Å². The third kappa shape index (κ3) is 4.67. The SMILES string of the molecule is C[C@@H](C(=O)N1CCCCC1)N1CCC(NS(=O)(=O)c2ccc(-c3cccc(N)c3)s2)C1=O. The molecule has 2 atom stereocenters. The number of nitrogen functional groups attached to an aromatic ring is 1. The van der Waals surface area contributed by atoms with E-state index in [9.17, 15) is 18.0 Å². The fourth-order valence-electron chi connectivity index (χ4n) is 4.26. The average molecular weight is 477 g/mol. The van der Waals surface area contributed by atoms with E-state index >= 15 is 0 Å². The van der Waals surface area contributed by atoms with Crippen LogP contribution in [0.1, 0.15) is 32.6 Å². The normalized spacial score (nSPS) is 20.5. The van der Waals surface area contributed by atoms with Crippen molar-refractivity contribution in [3.63, 3.8) is 0 Å². The molecule has 2 aromatic rings. The largest absolute Gasteiger partial charge is 0.399 e. The second-order valence-electron chi connectivity index (χ2n) is 8.30. The van der Waals surface area contributed by atoms with Gasteiger partial charge in [0.05, 0.1) is 0 Å². The van der Waals surface area contributed by atoms with Crippen molar-refractivity contribution in [3.05, 3.63) is 36.4 Å². The van der Waals surface area contributed by atoms with Gasteiger partial charge in [-0.1, -0.05) is 12.1 Å². The Kier molecular flexibility index (Phi) is 6.55. The number of likely N-dealkylation sites (tertiary alicyclic amines) is 2. The Morgan fingerprint density at radius 3 is 2.62 bits per heavy atom. The Bertz CT molecular complexity index is 1110. The number of hydrogen-bond donors (Lipinski definition) is 2. The third-order valence-electron chi connectivity index (χ3n) is 6.05. The molecule has 10 heteroatoms. The van der Waals surface area contributed by atoms with Crippen LogP contribution in [0.4, 0.5) is 5.69 Å². The number of rotatable bonds is 6. The van der Waals surface area contributed by atoms with E-state index in [2.05, 4.69) is 4.72 Å². The molecule has 32 heavy (non-hydrogen) atoms. The molecule has 2 aliphatic rings. The van der Waals surface area contributed by atoms with Crippen molar-refractivity contribution in [1.82, 2.24) is 14.5 Å². The van der Waals surface area contributed by atoms with Gasteiger partial charge in [0, 0.05) is 30.2 Å². The number of anilines is 1. The molecule has 172 valence electrons. The minimum absolute atomic E-state index is 0.0633.